The molecule has 0 aliphatic carbocycles. The Bertz CT molecular complexity index is 736. The second-order valence-corrected chi connectivity index (χ2v) is 5.20. The summed E-state index contributed by atoms with van der Waals surface area (Å²) >= 11 is 0.751. The highest BCUT2D eigenvalue weighted by atomic mass is 32.2. The number of aromatic nitrogens is 3. The maximum absolute atomic E-state index is 12.8. The van der Waals surface area contributed by atoms with E-state index in [1.807, 2.05) is 0 Å². The standard InChI is InChI=1S/C14H15F2N3O4S/c1-3-22-24-23-10-5-4-7-17-12(10)19-8-6-11(18-13(19)20)21-9-14(2,15)16/h4-8H,3,9H2,1-2H3. The SMILES string of the molecule is CCOSOc1cccnc1-n1ccc(OCC(C)(F)F)nc1=O. The first-order valence-corrected chi connectivity index (χ1v) is 7.59. The minimum Gasteiger partial charge on any atom is -0.471 e. The van der Waals surface area contributed by atoms with E-state index < -0.39 is 18.2 Å². The highest BCUT2D eigenvalue weighted by Crippen LogP contribution is 2.23. The Labute approximate surface area is 141 Å². The zero-order valence-electron chi connectivity index (χ0n) is 12.9. The number of pyridine rings is 1. The molecule has 0 aromatic carbocycles. The zero-order chi connectivity index (χ0) is 17.6. The lowest BCUT2D eigenvalue weighted by molar-refractivity contribution is -0.0243. The van der Waals surface area contributed by atoms with Crippen LogP contribution >= 0.6 is 12.3 Å². The van der Waals surface area contributed by atoms with Crippen LogP contribution in [-0.2, 0) is 4.18 Å². The van der Waals surface area contributed by atoms with Gasteiger partial charge in [0.2, 0.25) is 18.2 Å². The van der Waals surface area contributed by atoms with Crippen molar-refractivity contribution in [3.05, 3.63) is 41.1 Å². The number of rotatable bonds is 8. The molecule has 0 aliphatic heterocycles. The molecule has 0 aliphatic rings. The van der Waals surface area contributed by atoms with Crippen molar-refractivity contribution in [2.75, 3.05) is 13.2 Å². The smallest absolute Gasteiger partial charge is 0.356 e. The molecule has 0 saturated carbocycles. The van der Waals surface area contributed by atoms with Gasteiger partial charge in [0.15, 0.2) is 18.2 Å². The lowest BCUT2D eigenvalue weighted by Gasteiger charge is -2.12. The molecule has 2 heterocycles. The van der Waals surface area contributed by atoms with Crippen LogP contribution in [-0.4, -0.2) is 33.7 Å². The van der Waals surface area contributed by atoms with Crippen LogP contribution in [0.15, 0.2) is 35.4 Å². The van der Waals surface area contributed by atoms with Crippen molar-refractivity contribution in [3.8, 4) is 17.4 Å². The van der Waals surface area contributed by atoms with Crippen molar-refractivity contribution in [1.29, 1.82) is 0 Å². The first kappa shape index (κ1) is 18.1. The normalized spacial score (nSPS) is 11.3. The van der Waals surface area contributed by atoms with Crippen molar-refractivity contribution in [1.82, 2.24) is 14.5 Å². The highest BCUT2D eigenvalue weighted by molar-refractivity contribution is 7.90. The van der Waals surface area contributed by atoms with Crippen molar-refractivity contribution in [3.63, 3.8) is 0 Å². The van der Waals surface area contributed by atoms with Crippen LogP contribution in [0.1, 0.15) is 13.8 Å². The van der Waals surface area contributed by atoms with Gasteiger partial charge in [-0.15, -0.1) is 0 Å². The molecular formula is C14H15F2N3O4S. The molecule has 0 N–H and O–H groups in total. The van der Waals surface area contributed by atoms with E-state index in [-0.39, 0.29) is 17.4 Å². The Balaban J connectivity index is 2.22. The summed E-state index contributed by atoms with van der Waals surface area (Å²) in [5.41, 5.74) is -0.739. The van der Waals surface area contributed by atoms with Gasteiger partial charge in [0, 0.05) is 25.4 Å². The van der Waals surface area contributed by atoms with Crippen LogP contribution in [0.3, 0.4) is 0 Å². The predicted octanol–water partition coefficient (Wildman–Crippen LogP) is 2.64. The second-order valence-electron chi connectivity index (χ2n) is 4.66. The molecule has 2 rings (SSSR count). The van der Waals surface area contributed by atoms with Crippen molar-refractivity contribution in [2.45, 2.75) is 19.8 Å². The second kappa shape index (κ2) is 8.06. The molecule has 0 spiro atoms. The molecule has 24 heavy (non-hydrogen) atoms. The molecule has 0 amide bonds. The van der Waals surface area contributed by atoms with Gasteiger partial charge in [0.05, 0.1) is 6.61 Å². The minimum atomic E-state index is -3.02. The molecule has 0 unspecified atom stereocenters. The minimum absolute atomic E-state index is 0.189. The fraction of sp³-hybridized carbons (Fsp3) is 0.357. The first-order valence-electron chi connectivity index (χ1n) is 6.92. The molecular weight excluding hydrogens is 344 g/mol. The van der Waals surface area contributed by atoms with Crippen molar-refractivity contribution < 1.29 is 21.9 Å². The third-order valence-corrected chi connectivity index (χ3v) is 3.10. The summed E-state index contributed by atoms with van der Waals surface area (Å²) in [4.78, 5) is 19.8. The van der Waals surface area contributed by atoms with E-state index in [4.69, 9.17) is 13.1 Å². The number of nitrogens with zero attached hydrogens (tertiary/aromatic N) is 3. The number of hydrogen-bond donors (Lipinski definition) is 0. The number of alkyl halides is 2. The van der Waals surface area contributed by atoms with Crippen LogP contribution in [0.2, 0.25) is 0 Å². The summed E-state index contributed by atoms with van der Waals surface area (Å²) in [5.74, 6) is -2.74. The molecule has 2 aromatic rings. The monoisotopic (exact) mass is 359 g/mol. The van der Waals surface area contributed by atoms with Gasteiger partial charge < -0.3 is 8.92 Å². The molecule has 0 bridgehead atoms. The average Bonchev–Trinajstić information content (AvgIpc) is 2.53. The molecule has 0 saturated heterocycles. The van der Waals surface area contributed by atoms with E-state index in [1.165, 1.54) is 18.5 Å². The number of halogens is 2. The van der Waals surface area contributed by atoms with Crippen molar-refractivity contribution >= 4 is 12.3 Å². The molecule has 130 valence electrons. The van der Waals surface area contributed by atoms with Gasteiger partial charge in [0.1, 0.15) is 0 Å². The third-order valence-electron chi connectivity index (χ3n) is 2.52. The zero-order valence-corrected chi connectivity index (χ0v) is 13.8. The van der Waals surface area contributed by atoms with Crippen LogP contribution in [0.4, 0.5) is 8.78 Å². The van der Waals surface area contributed by atoms with Gasteiger partial charge in [-0.25, -0.2) is 23.1 Å². The van der Waals surface area contributed by atoms with E-state index in [2.05, 4.69) is 9.97 Å². The fourth-order valence-corrected chi connectivity index (χ4v) is 1.91. The van der Waals surface area contributed by atoms with E-state index in [0.717, 1.165) is 16.9 Å². The summed E-state index contributed by atoms with van der Waals surface area (Å²) in [6, 6.07) is 4.52. The van der Waals surface area contributed by atoms with E-state index in [9.17, 15) is 13.6 Å². The quantitative estimate of drug-likeness (QED) is 0.530. The summed E-state index contributed by atoms with van der Waals surface area (Å²) in [6.45, 7) is 2.08. The van der Waals surface area contributed by atoms with Gasteiger partial charge in [-0.1, -0.05) is 0 Å². The molecule has 0 atom stereocenters. The van der Waals surface area contributed by atoms with Gasteiger partial charge >= 0.3 is 5.69 Å². The van der Waals surface area contributed by atoms with E-state index >= 15 is 0 Å². The Morgan fingerprint density at radius 3 is 2.83 bits per heavy atom. The topological polar surface area (TPSA) is 75.5 Å². The lowest BCUT2D eigenvalue weighted by atomic mass is 10.4. The van der Waals surface area contributed by atoms with E-state index in [1.54, 1.807) is 19.1 Å². The summed E-state index contributed by atoms with van der Waals surface area (Å²) in [7, 11) is 0. The summed E-state index contributed by atoms with van der Waals surface area (Å²) in [6.07, 6.45) is 2.79. The fourth-order valence-electron chi connectivity index (χ4n) is 1.57. The van der Waals surface area contributed by atoms with Crippen LogP contribution in [0, 0.1) is 0 Å². The highest BCUT2D eigenvalue weighted by Gasteiger charge is 2.22. The molecule has 0 fully saturated rings. The summed E-state index contributed by atoms with van der Waals surface area (Å²) in [5, 5.41) is 0. The van der Waals surface area contributed by atoms with E-state index in [0.29, 0.717) is 13.5 Å². The first-order chi connectivity index (χ1) is 11.4. The van der Waals surface area contributed by atoms with Crippen molar-refractivity contribution in [2.24, 2.45) is 0 Å². The Morgan fingerprint density at radius 2 is 2.17 bits per heavy atom. The largest absolute Gasteiger partial charge is 0.471 e. The predicted molar refractivity (Wildman–Crippen MR) is 83.6 cm³/mol. The van der Waals surface area contributed by atoms with Gasteiger partial charge in [-0.05, 0) is 19.1 Å². The lowest BCUT2D eigenvalue weighted by Crippen LogP contribution is -2.25. The molecule has 0 radical (unpaired) electrons. The Kier molecular flexibility index (Phi) is 6.10. The van der Waals surface area contributed by atoms with Crippen LogP contribution in [0.5, 0.6) is 11.6 Å². The third kappa shape index (κ3) is 5.17. The van der Waals surface area contributed by atoms with Gasteiger partial charge in [0.25, 0.3) is 5.92 Å². The Morgan fingerprint density at radius 1 is 1.38 bits per heavy atom. The Hall–Kier alpha value is -2.20. The maximum atomic E-state index is 12.8. The number of ether oxygens (including phenoxy) is 1. The average molecular weight is 359 g/mol. The summed E-state index contributed by atoms with van der Waals surface area (Å²) < 4.78 is 41.8. The molecule has 10 heteroatoms. The van der Waals surface area contributed by atoms with Crippen LogP contribution in [0.25, 0.3) is 5.82 Å². The number of hydrogen-bond acceptors (Lipinski definition) is 7. The maximum Gasteiger partial charge on any atom is 0.356 e. The van der Waals surface area contributed by atoms with Gasteiger partial charge in [-0.2, -0.15) is 4.98 Å². The molecule has 7 nitrogen and oxygen atoms in total. The van der Waals surface area contributed by atoms with Gasteiger partial charge in [-0.3, -0.25) is 4.18 Å². The van der Waals surface area contributed by atoms with Crippen LogP contribution < -0.4 is 14.6 Å². The molecule has 2 aromatic heterocycles.